The lowest BCUT2D eigenvalue weighted by Gasteiger charge is -2.07. The van der Waals surface area contributed by atoms with Crippen LogP contribution in [0.3, 0.4) is 0 Å². The Hall–Kier alpha value is -3.28. The summed E-state index contributed by atoms with van der Waals surface area (Å²) in [6.45, 7) is 0. The predicted molar refractivity (Wildman–Crippen MR) is 86.1 cm³/mol. The fourth-order valence-corrected chi connectivity index (χ4v) is 1.98. The lowest BCUT2D eigenvalue weighted by molar-refractivity contribution is 0.102. The van der Waals surface area contributed by atoms with Crippen LogP contribution in [0.4, 0.5) is 21.6 Å². The second-order valence-corrected chi connectivity index (χ2v) is 4.74. The molecule has 0 atom stereocenters. The van der Waals surface area contributed by atoms with Crippen LogP contribution < -0.4 is 10.6 Å². The number of benzene rings is 2. The molecule has 23 heavy (non-hydrogen) atoms. The van der Waals surface area contributed by atoms with Gasteiger partial charge in [0.2, 0.25) is 0 Å². The van der Waals surface area contributed by atoms with Gasteiger partial charge in [-0.3, -0.25) is 4.79 Å². The lowest BCUT2D eigenvalue weighted by Crippen LogP contribution is -2.14. The van der Waals surface area contributed by atoms with Gasteiger partial charge >= 0.3 is 0 Å². The van der Waals surface area contributed by atoms with E-state index in [2.05, 4.69) is 20.6 Å². The predicted octanol–water partition coefficient (Wildman–Crippen LogP) is 3.61. The molecule has 2 N–H and O–H groups in total. The molecular weight excluding hydrogens is 295 g/mol. The number of anilines is 3. The minimum Gasteiger partial charge on any atom is -0.340 e. The maximum atomic E-state index is 13.1. The number of nitrogens with zero attached hydrogens (tertiary/aromatic N) is 2. The Labute approximate surface area is 132 Å². The third-order valence-electron chi connectivity index (χ3n) is 3.03. The molecule has 0 radical (unpaired) electrons. The molecular formula is C17H13FN4O. The van der Waals surface area contributed by atoms with E-state index in [1.807, 2.05) is 30.3 Å². The van der Waals surface area contributed by atoms with Gasteiger partial charge in [0.05, 0.1) is 0 Å². The van der Waals surface area contributed by atoms with Crippen molar-refractivity contribution in [2.24, 2.45) is 0 Å². The van der Waals surface area contributed by atoms with Crippen molar-refractivity contribution in [3.63, 3.8) is 0 Å². The Bertz CT molecular complexity index is 824. The molecule has 5 nitrogen and oxygen atoms in total. The van der Waals surface area contributed by atoms with Gasteiger partial charge < -0.3 is 10.6 Å². The topological polar surface area (TPSA) is 66.9 Å². The Balaban J connectivity index is 1.75. The highest BCUT2D eigenvalue weighted by Crippen LogP contribution is 2.15. The van der Waals surface area contributed by atoms with Crippen LogP contribution in [0.1, 0.15) is 10.5 Å². The Morgan fingerprint density at radius 3 is 2.48 bits per heavy atom. The van der Waals surface area contributed by atoms with Crippen LogP contribution in [-0.4, -0.2) is 15.9 Å². The summed E-state index contributed by atoms with van der Waals surface area (Å²) < 4.78 is 13.1. The quantitative estimate of drug-likeness (QED) is 0.772. The number of carbonyl (C=O) groups is 1. The van der Waals surface area contributed by atoms with Crippen LogP contribution in [0.25, 0.3) is 0 Å². The van der Waals surface area contributed by atoms with Crippen LogP contribution in [-0.2, 0) is 0 Å². The first-order valence-corrected chi connectivity index (χ1v) is 6.92. The zero-order chi connectivity index (χ0) is 16.1. The monoisotopic (exact) mass is 308 g/mol. The molecule has 0 saturated heterocycles. The molecule has 0 aliphatic heterocycles. The number of hydrogen-bond acceptors (Lipinski definition) is 4. The molecule has 3 aromatic rings. The van der Waals surface area contributed by atoms with Gasteiger partial charge in [0.1, 0.15) is 23.7 Å². The average Bonchev–Trinajstić information content (AvgIpc) is 2.56. The summed E-state index contributed by atoms with van der Waals surface area (Å²) in [7, 11) is 0. The molecule has 0 unspecified atom stereocenters. The summed E-state index contributed by atoms with van der Waals surface area (Å²) in [4.78, 5) is 20.2. The molecule has 6 heteroatoms. The normalized spacial score (nSPS) is 10.1. The summed E-state index contributed by atoms with van der Waals surface area (Å²) in [6.07, 6.45) is 1.30. The SMILES string of the molecule is O=C(Nc1cccc(F)c1)c1cc(Nc2ccccc2)ncn1. The van der Waals surface area contributed by atoms with E-state index in [9.17, 15) is 9.18 Å². The number of para-hydroxylation sites is 1. The van der Waals surface area contributed by atoms with Gasteiger partial charge in [-0.15, -0.1) is 0 Å². The van der Waals surface area contributed by atoms with Crippen LogP contribution in [0.5, 0.6) is 0 Å². The Morgan fingerprint density at radius 1 is 0.913 bits per heavy atom. The van der Waals surface area contributed by atoms with Crippen LogP contribution in [0.2, 0.25) is 0 Å². The second-order valence-electron chi connectivity index (χ2n) is 4.74. The number of aromatic nitrogens is 2. The smallest absolute Gasteiger partial charge is 0.274 e. The molecule has 0 fully saturated rings. The van der Waals surface area contributed by atoms with Gasteiger partial charge in [-0.2, -0.15) is 0 Å². The highest BCUT2D eigenvalue weighted by molar-refractivity contribution is 6.03. The summed E-state index contributed by atoms with van der Waals surface area (Å²) in [5, 5.41) is 5.67. The molecule has 0 bridgehead atoms. The van der Waals surface area contributed by atoms with Gasteiger partial charge in [0.15, 0.2) is 0 Å². The standard InChI is InChI=1S/C17H13FN4O/c18-12-5-4-8-14(9-12)22-17(23)15-10-16(20-11-19-15)21-13-6-2-1-3-7-13/h1-11H,(H,22,23)(H,19,20,21). The first-order valence-electron chi connectivity index (χ1n) is 6.92. The Morgan fingerprint density at radius 2 is 1.70 bits per heavy atom. The third kappa shape index (κ3) is 3.88. The number of amides is 1. The van der Waals surface area contributed by atoms with E-state index in [4.69, 9.17) is 0 Å². The number of halogens is 1. The minimum absolute atomic E-state index is 0.183. The molecule has 2 aromatic carbocycles. The molecule has 1 aromatic heterocycles. The zero-order valence-electron chi connectivity index (χ0n) is 12.0. The summed E-state index contributed by atoms with van der Waals surface area (Å²) >= 11 is 0. The van der Waals surface area contributed by atoms with Crippen molar-refractivity contribution in [1.82, 2.24) is 9.97 Å². The molecule has 0 saturated carbocycles. The van der Waals surface area contributed by atoms with Crippen LogP contribution >= 0.6 is 0 Å². The van der Waals surface area contributed by atoms with Crippen molar-refractivity contribution >= 4 is 23.1 Å². The third-order valence-corrected chi connectivity index (χ3v) is 3.03. The van der Waals surface area contributed by atoms with E-state index in [-0.39, 0.29) is 5.69 Å². The van der Waals surface area contributed by atoms with E-state index < -0.39 is 11.7 Å². The molecule has 114 valence electrons. The van der Waals surface area contributed by atoms with E-state index in [1.165, 1.54) is 30.6 Å². The van der Waals surface area contributed by atoms with Gasteiger partial charge in [-0.05, 0) is 30.3 Å². The van der Waals surface area contributed by atoms with Gasteiger partial charge in [-0.25, -0.2) is 14.4 Å². The number of hydrogen-bond donors (Lipinski definition) is 2. The molecule has 1 amide bonds. The molecule has 1 heterocycles. The molecule has 0 aliphatic rings. The van der Waals surface area contributed by atoms with Gasteiger partial charge in [0.25, 0.3) is 5.91 Å². The largest absolute Gasteiger partial charge is 0.340 e. The first-order chi connectivity index (χ1) is 11.2. The van der Waals surface area contributed by atoms with Crippen molar-refractivity contribution in [2.75, 3.05) is 10.6 Å². The van der Waals surface area contributed by atoms with Crippen molar-refractivity contribution in [1.29, 1.82) is 0 Å². The van der Waals surface area contributed by atoms with Crippen molar-refractivity contribution in [3.8, 4) is 0 Å². The first kappa shape index (κ1) is 14.6. The van der Waals surface area contributed by atoms with Crippen LogP contribution in [0, 0.1) is 5.82 Å². The fraction of sp³-hybridized carbons (Fsp3) is 0. The number of carbonyl (C=O) groups excluding carboxylic acids is 1. The maximum absolute atomic E-state index is 13.1. The molecule has 0 aliphatic carbocycles. The average molecular weight is 308 g/mol. The lowest BCUT2D eigenvalue weighted by atomic mass is 10.3. The minimum atomic E-state index is -0.436. The Kier molecular flexibility index (Phi) is 4.24. The van der Waals surface area contributed by atoms with Crippen molar-refractivity contribution in [3.05, 3.63) is 78.5 Å². The fourth-order valence-electron chi connectivity index (χ4n) is 1.98. The van der Waals surface area contributed by atoms with Crippen molar-refractivity contribution in [2.45, 2.75) is 0 Å². The molecule has 3 rings (SSSR count). The summed E-state index contributed by atoms with van der Waals surface area (Å²) in [5.41, 5.74) is 1.40. The number of nitrogens with one attached hydrogen (secondary N) is 2. The maximum Gasteiger partial charge on any atom is 0.274 e. The van der Waals surface area contributed by atoms with Crippen LogP contribution in [0.15, 0.2) is 67.0 Å². The number of rotatable bonds is 4. The van der Waals surface area contributed by atoms with Gasteiger partial charge in [0, 0.05) is 17.4 Å². The van der Waals surface area contributed by atoms with E-state index >= 15 is 0 Å². The second kappa shape index (κ2) is 6.65. The highest BCUT2D eigenvalue weighted by atomic mass is 19.1. The van der Waals surface area contributed by atoms with Gasteiger partial charge in [-0.1, -0.05) is 24.3 Å². The van der Waals surface area contributed by atoms with E-state index in [0.717, 1.165) is 5.69 Å². The zero-order valence-corrected chi connectivity index (χ0v) is 12.0. The van der Waals surface area contributed by atoms with E-state index in [0.29, 0.717) is 11.5 Å². The van der Waals surface area contributed by atoms with Crippen molar-refractivity contribution < 1.29 is 9.18 Å². The van der Waals surface area contributed by atoms with E-state index in [1.54, 1.807) is 6.07 Å². The summed E-state index contributed by atoms with van der Waals surface area (Å²) in [6, 6.07) is 16.7. The highest BCUT2D eigenvalue weighted by Gasteiger charge is 2.09. The summed E-state index contributed by atoms with van der Waals surface area (Å²) in [5.74, 6) is -0.360. The molecule has 0 spiro atoms.